The normalized spacial score (nSPS) is 13.4. The molecule has 1 aromatic rings. The highest BCUT2D eigenvalue weighted by molar-refractivity contribution is 5.31. The lowest BCUT2D eigenvalue weighted by Crippen LogP contribution is -2.19. The second kappa shape index (κ2) is 5.09. The Morgan fingerprint density at radius 1 is 1.16 bits per heavy atom. The van der Waals surface area contributed by atoms with Crippen LogP contribution < -0.4 is 0 Å². The monoisotopic (exact) mass is 284 g/mol. The van der Waals surface area contributed by atoms with Crippen LogP contribution >= 0.6 is 0 Å². The van der Waals surface area contributed by atoms with Gasteiger partial charge in [-0.05, 0) is 12.3 Å². The molecular formula is C12H17F5N2. The number of rotatable bonds is 4. The molecule has 1 heterocycles. The van der Waals surface area contributed by atoms with Gasteiger partial charge >= 0.3 is 6.18 Å². The predicted molar refractivity (Wildman–Crippen MR) is 61.0 cm³/mol. The van der Waals surface area contributed by atoms with Crippen LogP contribution in [0.25, 0.3) is 0 Å². The van der Waals surface area contributed by atoms with Gasteiger partial charge in [0.1, 0.15) is 5.69 Å². The van der Waals surface area contributed by atoms with E-state index in [1.165, 1.54) is 6.92 Å². The van der Waals surface area contributed by atoms with E-state index in [0.717, 1.165) is 4.68 Å². The highest BCUT2D eigenvalue weighted by Gasteiger charge is 2.43. The molecule has 0 N–H and O–H groups in total. The van der Waals surface area contributed by atoms with E-state index in [0.29, 0.717) is 6.92 Å². The van der Waals surface area contributed by atoms with Crippen molar-refractivity contribution in [3.8, 4) is 0 Å². The highest BCUT2D eigenvalue weighted by Crippen LogP contribution is 2.38. The quantitative estimate of drug-likeness (QED) is 0.756. The Kier molecular flexibility index (Phi) is 4.27. The number of nitrogens with zero attached hydrogens (tertiary/aromatic N) is 2. The fraction of sp³-hybridized carbons (Fsp3) is 0.750. The van der Waals surface area contributed by atoms with Gasteiger partial charge in [-0.3, -0.25) is 4.68 Å². The zero-order chi connectivity index (χ0) is 15.0. The SMILES string of the molecule is CCc1c(C(F)(F)F)nn(CC(C)C)c1C(C)(F)F. The van der Waals surface area contributed by atoms with Crippen LogP contribution in [0.3, 0.4) is 0 Å². The summed E-state index contributed by atoms with van der Waals surface area (Å²) in [6.07, 6.45) is -4.85. The Bertz CT molecular complexity index is 440. The van der Waals surface area contributed by atoms with E-state index in [1.807, 2.05) is 0 Å². The van der Waals surface area contributed by atoms with Gasteiger partial charge in [-0.2, -0.15) is 27.1 Å². The number of halogens is 5. The van der Waals surface area contributed by atoms with Gasteiger partial charge in [-0.15, -0.1) is 0 Å². The van der Waals surface area contributed by atoms with E-state index >= 15 is 0 Å². The minimum atomic E-state index is -4.71. The number of alkyl halides is 5. The molecule has 0 aliphatic carbocycles. The molecule has 2 nitrogen and oxygen atoms in total. The molecule has 0 saturated heterocycles. The summed E-state index contributed by atoms with van der Waals surface area (Å²) < 4.78 is 66.5. The molecule has 0 saturated carbocycles. The summed E-state index contributed by atoms with van der Waals surface area (Å²) in [5.74, 6) is -3.43. The molecular weight excluding hydrogens is 267 g/mol. The fourth-order valence-corrected chi connectivity index (χ4v) is 2.03. The van der Waals surface area contributed by atoms with Crippen molar-refractivity contribution in [2.75, 3.05) is 0 Å². The third kappa shape index (κ3) is 3.45. The first-order valence-electron chi connectivity index (χ1n) is 6.03. The average molecular weight is 284 g/mol. The van der Waals surface area contributed by atoms with Crippen LogP contribution in [0.2, 0.25) is 0 Å². The summed E-state index contributed by atoms with van der Waals surface area (Å²) >= 11 is 0. The summed E-state index contributed by atoms with van der Waals surface area (Å²) in [5, 5.41) is 3.37. The van der Waals surface area contributed by atoms with Gasteiger partial charge in [0.15, 0.2) is 5.69 Å². The van der Waals surface area contributed by atoms with Crippen molar-refractivity contribution in [2.24, 2.45) is 5.92 Å². The summed E-state index contributed by atoms with van der Waals surface area (Å²) in [6.45, 7) is 5.51. The van der Waals surface area contributed by atoms with Crippen LogP contribution in [0.4, 0.5) is 22.0 Å². The Morgan fingerprint density at radius 2 is 1.68 bits per heavy atom. The van der Waals surface area contributed by atoms with Crippen LogP contribution in [0.5, 0.6) is 0 Å². The van der Waals surface area contributed by atoms with E-state index in [4.69, 9.17) is 0 Å². The smallest absolute Gasteiger partial charge is 0.262 e. The summed E-state index contributed by atoms with van der Waals surface area (Å²) in [5.41, 5.74) is -2.25. The number of aromatic nitrogens is 2. The van der Waals surface area contributed by atoms with Gasteiger partial charge in [0.2, 0.25) is 0 Å². The van der Waals surface area contributed by atoms with Crippen molar-refractivity contribution < 1.29 is 22.0 Å². The Morgan fingerprint density at radius 3 is 2.00 bits per heavy atom. The molecule has 110 valence electrons. The third-order valence-corrected chi connectivity index (χ3v) is 2.63. The summed E-state index contributed by atoms with van der Waals surface area (Å²) in [6, 6.07) is 0. The van der Waals surface area contributed by atoms with Crippen molar-refractivity contribution in [2.45, 2.75) is 52.8 Å². The maximum absolute atomic E-state index is 13.6. The zero-order valence-electron chi connectivity index (χ0n) is 11.3. The Balaban J connectivity index is 3.51. The molecule has 0 radical (unpaired) electrons. The summed E-state index contributed by atoms with van der Waals surface area (Å²) in [4.78, 5) is 0. The minimum Gasteiger partial charge on any atom is -0.262 e. The number of hydrogen-bond donors (Lipinski definition) is 0. The van der Waals surface area contributed by atoms with Crippen LogP contribution in [-0.2, 0) is 25.1 Å². The van der Waals surface area contributed by atoms with Crippen LogP contribution in [0, 0.1) is 5.92 Å². The van der Waals surface area contributed by atoms with Crippen molar-refractivity contribution in [3.63, 3.8) is 0 Å². The Hall–Kier alpha value is -1.14. The van der Waals surface area contributed by atoms with E-state index < -0.39 is 29.1 Å². The molecule has 0 bridgehead atoms. The van der Waals surface area contributed by atoms with Gasteiger partial charge in [0, 0.05) is 19.0 Å². The van der Waals surface area contributed by atoms with Crippen molar-refractivity contribution in [1.29, 1.82) is 0 Å². The first-order chi connectivity index (χ1) is 8.48. The van der Waals surface area contributed by atoms with Crippen molar-refractivity contribution >= 4 is 0 Å². The summed E-state index contributed by atoms with van der Waals surface area (Å²) in [7, 11) is 0. The van der Waals surface area contributed by atoms with Gasteiger partial charge in [-0.25, -0.2) is 0 Å². The lowest BCUT2D eigenvalue weighted by molar-refractivity contribution is -0.142. The second-order valence-electron chi connectivity index (χ2n) is 4.99. The van der Waals surface area contributed by atoms with Crippen molar-refractivity contribution in [3.05, 3.63) is 17.0 Å². The molecule has 0 fully saturated rings. The van der Waals surface area contributed by atoms with Crippen molar-refractivity contribution in [1.82, 2.24) is 9.78 Å². The average Bonchev–Trinajstić information content (AvgIpc) is 2.53. The molecule has 0 amide bonds. The minimum absolute atomic E-state index is 0.0296. The molecule has 0 spiro atoms. The molecule has 1 aromatic heterocycles. The second-order valence-corrected chi connectivity index (χ2v) is 4.99. The topological polar surface area (TPSA) is 17.8 Å². The van der Waals surface area contributed by atoms with Gasteiger partial charge in [-0.1, -0.05) is 20.8 Å². The third-order valence-electron chi connectivity index (χ3n) is 2.63. The van der Waals surface area contributed by atoms with Gasteiger partial charge in [0.05, 0.1) is 0 Å². The largest absolute Gasteiger partial charge is 0.435 e. The Labute approximate surface area is 108 Å². The lowest BCUT2D eigenvalue weighted by Gasteiger charge is -2.16. The van der Waals surface area contributed by atoms with Crippen LogP contribution in [-0.4, -0.2) is 9.78 Å². The molecule has 7 heteroatoms. The van der Waals surface area contributed by atoms with Crippen LogP contribution in [0.15, 0.2) is 0 Å². The van der Waals surface area contributed by atoms with E-state index in [2.05, 4.69) is 5.10 Å². The molecule has 0 aliphatic rings. The highest BCUT2D eigenvalue weighted by atomic mass is 19.4. The van der Waals surface area contributed by atoms with E-state index in [9.17, 15) is 22.0 Å². The molecule has 0 atom stereocenters. The molecule has 0 aliphatic heterocycles. The van der Waals surface area contributed by atoms with Gasteiger partial charge in [0.25, 0.3) is 5.92 Å². The molecule has 19 heavy (non-hydrogen) atoms. The van der Waals surface area contributed by atoms with E-state index in [1.54, 1.807) is 13.8 Å². The predicted octanol–water partition coefficient (Wildman–Crippen LogP) is 4.23. The first-order valence-corrected chi connectivity index (χ1v) is 6.03. The zero-order valence-corrected chi connectivity index (χ0v) is 11.3. The molecule has 0 unspecified atom stereocenters. The van der Waals surface area contributed by atoms with E-state index in [-0.39, 0.29) is 18.9 Å². The number of hydrogen-bond acceptors (Lipinski definition) is 1. The lowest BCUT2D eigenvalue weighted by atomic mass is 10.1. The first kappa shape index (κ1) is 15.9. The van der Waals surface area contributed by atoms with Crippen LogP contribution in [0.1, 0.15) is 44.6 Å². The maximum Gasteiger partial charge on any atom is 0.435 e. The maximum atomic E-state index is 13.6. The molecule has 1 rings (SSSR count). The standard InChI is InChI=1S/C12H17F5N2/c1-5-8-9(12(15,16)17)18-19(6-7(2)3)10(8)11(4,13)14/h7H,5-6H2,1-4H3. The van der Waals surface area contributed by atoms with Gasteiger partial charge < -0.3 is 0 Å². The fourth-order valence-electron chi connectivity index (χ4n) is 2.03. The molecule has 0 aromatic carbocycles.